The molecule has 0 aliphatic carbocycles. The molecule has 0 aromatic heterocycles. The smallest absolute Gasteiger partial charge is 0.404 e. The van der Waals surface area contributed by atoms with Gasteiger partial charge in [0.15, 0.2) is 6.61 Å². The number of ether oxygens (including phenoxy) is 2. The number of carbonyl (C=O) groups is 2. The maximum atomic E-state index is 11.4. The summed E-state index contributed by atoms with van der Waals surface area (Å²) in [4.78, 5) is 22.0. The van der Waals surface area contributed by atoms with Crippen LogP contribution in [0.5, 0.6) is 5.75 Å². The van der Waals surface area contributed by atoms with Gasteiger partial charge in [-0.15, -0.1) is 0 Å². The van der Waals surface area contributed by atoms with Crippen molar-refractivity contribution in [3.63, 3.8) is 0 Å². The molecular weight excluding hydrogens is 282 g/mol. The minimum Gasteiger partial charge on any atom is -0.484 e. The summed E-state index contributed by atoms with van der Waals surface area (Å²) in [7, 11) is 0. The standard InChI is InChI=1S/C12H15N3O4S/c13-11(20)8-1-3-9(4-2-8)19-7-10(16)15-5-6-18-12(14)17/h1-4H,5-7H2,(H2,13,20)(H2,14,17)(H,15,16). The minimum absolute atomic E-state index is 0.0176. The Labute approximate surface area is 121 Å². The summed E-state index contributed by atoms with van der Waals surface area (Å²) < 4.78 is 9.70. The Hall–Kier alpha value is -2.35. The Bertz CT molecular complexity index is 490. The average Bonchev–Trinajstić information content (AvgIpc) is 2.41. The van der Waals surface area contributed by atoms with E-state index in [1.54, 1.807) is 24.3 Å². The summed E-state index contributed by atoms with van der Waals surface area (Å²) in [5, 5.41) is 2.50. The zero-order valence-electron chi connectivity index (χ0n) is 10.6. The van der Waals surface area contributed by atoms with Crippen LogP contribution in [0.1, 0.15) is 5.56 Å². The van der Waals surface area contributed by atoms with Crippen LogP contribution in [0.15, 0.2) is 24.3 Å². The number of thiocarbonyl (C=S) groups is 1. The number of nitrogens with two attached hydrogens (primary N) is 2. The van der Waals surface area contributed by atoms with Crippen molar-refractivity contribution in [1.29, 1.82) is 0 Å². The van der Waals surface area contributed by atoms with Crippen molar-refractivity contribution in [3.8, 4) is 5.75 Å². The van der Waals surface area contributed by atoms with Crippen molar-refractivity contribution in [2.45, 2.75) is 0 Å². The van der Waals surface area contributed by atoms with Gasteiger partial charge in [-0.1, -0.05) is 12.2 Å². The number of nitrogens with one attached hydrogen (secondary N) is 1. The van der Waals surface area contributed by atoms with Gasteiger partial charge in [0.1, 0.15) is 17.3 Å². The van der Waals surface area contributed by atoms with Crippen molar-refractivity contribution in [1.82, 2.24) is 5.32 Å². The van der Waals surface area contributed by atoms with E-state index in [4.69, 9.17) is 28.4 Å². The van der Waals surface area contributed by atoms with Gasteiger partial charge in [0, 0.05) is 5.56 Å². The molecule has 0 spiro atoms. The van der Waals surface area contributed by atoms with Crippen LogP contribution in [0.4, 0.5) is 4.79 Å². The van der Waals surface area contributed by atoms with Gasteiger partial charge in [0.2, 0.25) is 0 Å². The number of rotatable bonds is 7. The second-order valence-electron chi connectivity index (χ2n) is 3.69. The lowest BCUT2D eigenvalue weighted by molar-refractivity contribution is -0.123. The molecule has 1 aromatic carbocycles. The van der Waals surface area contributed by atoms with Gasteiger partial charge in [-0.05, 0) is 24.3 Å². The van der Waals surface area contributed by atoms with E-state index in [9.17, 15) is 9.59 Å². The fraction of sp³-hybridized carbons (Fsp3) is 0.250. The SMILES string of the molecule is NC(=O)OCCNC(=O)COc1ccc(C(N)=S)cc1. The predicted octanol–water partition coefficient (Wildman–Crippen LogP) is -0.0889. The molecule has 20 heavy (non-hydrogen) atoms. The van der Waals surface area contributed by atoms with Crippen LogP contribution in [0, 0.1) is 0 Å². The monoisotopic (exact) mass is 297 g/mol. The van der Waals surface area contributed by atoms with E-state index in [0.717, 1.165) is 5.56 Å². The molecule has 2 amide bonds. The summed E-state index contributed by atoms with van der Waals surface area (Å²) in [6.45, 7) is 0.0399. The first-order chi connectivity index (χ1) is 9.49. The van der Waals surface area contributed by atoms with Crippen LogP contribution >= 0.6 is 12.2 Å². The maximum Gasteiger partial charge on any atom is 0.404 e. The molecule has 5 N–H and O–H groups in total. The largest absolute Gasteiger partial charge is 0.484 e. The Morgan fingerprint density at radius 2 is 1.85 bits per heavy atom. The van der Waals surface area contributed by atoms with Crippen molar-refractivity contribution >= 4 is 29.2 Å². The van der Waals surface area contributed by atoms with Crippen molar-refractivity contribution in [2.24, 2.45) is 11.5 Å². The Kier molecular flexibility index (Phi) is 6.24. The topological polar surface area (TPSA) is 117 Å². The Balaban J connectivity index is 2.26. The second-order valence-corrected chi connectivity index (χ2v) is 4.13. The first-order valence-electron chi connectivity index (χ1n) is 5.70. The highest BCUT2D eigenvalue weighted by Crippen LogP contribution is 2.11. The molecule has 0 heterocycles. The third kappa shape index (κ3) is 6.01. The van der Waals surface area contributed by atoms with Crippen LogP contribution in [0.2, 0.25) is 0 Å². The number of amides is 2. The number of primary amides is 1. The Morgan fingerprint density at radius 3 is 2.40 bits per heavy atom. The molecule has 0 saturated carbocycles. The van der Waals surface area contributed by atoms with Crippen molar-refractivity contribution in [2.75, 3.05) is 19.8 Å². The van der Waals surface area contributed by atoms with Gasteiger partial charge in [-0.3, -0.25) is 4.79 Å². The highest BCUT2D eigenvalue weighted by Gasteiger charge is 2.03. The molecule has 0 aliphatic rings. The van der Waals surface area contributed by atoms with Crippen LogP contribution in [-0.4, -0.2) is 36.7 Å². The third-order valence-corrected chi connectivity index (χ3v) is 2.41. The van der Waals surface area contributed by atoms with Gasteiger partial charge in [-0.25, -0.2) is 4.79 Å². The maximum absolute atomic E-state index is 11.4. The quantitative estimate of drug-likeness (QED) is 0.478. The normalized spacial score (nSPS) is 9.60. The third-order valence-electron chi connectivity index (χ3n) is 2.18. The summed E-state index contributed by atoms with van der Waals surface area (Å²) in [6, 6.07) is 6.74. The van der Waals surface area contributed by atoms with Crippen LogP contribution in [0.25, 0.3) is 0 Å². The molecule has 1 aromatic rings. The van der Waals surface area contributed by atoms with E-state index in [2.05, 4.69) is 10.1 Å². The molecule has 0 bridgehead atoms. The van der Waals surface area contributed by atoms with E-state index in [1.807, 2.05) is 0 Å². The first kappa shape index (κ1) is 15.7. The van der Waals surface area contributed by atoms with Gasteiger partial charge in [0.25, 0.3) is 5.91 Å². The molecule has 0 saturated heterocycles. The van der Waals surface area contributed by atoms with E-state index in [-0.39, 0.29) is 25.7 Å². The number of carbonyl (C=O) groups excluding carboxylic acids is 2. The lowest BCUT2D eigenvalue weighted by Gasteiger charge is -2.08. The summed E-state index contributed by atoms with van der Waals surface area (Å²) in [5.41, 5.74) is 10.9. The second kappa shape index (κ2) is 7.95. The van der Waals surface area contributed by atoms with Crippen LogP contribution in [-0.2, 0) is 9.53 Å². The van der Waals surface area contributed by atoms with E-state index in [0.29, 0.717) is 10.7 Å². The van der Waals surface area contributed by atoms with E-state index < -0.39 is 6.09 Å². The predicted molar refractivity (Wildman–Crippen MR) is 76.4 cm³/mol. The molecule has 8 heteroatoms. The van der Waals surface area contributed by atoms with Gasteiger partial charge < -0.3 is 26.3 Å². The molecule has 0 atom stereocenters. The zero-order chi connectivity index (χ0) is 15.0. The Morgan fingerprint density at radius 1 is 1.20 bits per heavy atom. The fourth-order valence-electron chi connectivity index (χ4n) is 1.26. The van der Waals surface area contributed by atoms with E-state index >= 15 is 0 Å². The first-order valence-corrected chi connectivity index (χ1v) is 6.11. The van der Waals surface area contributed by atoms with Crippen molar-refractivity contribution < 1.29 is 19.1 Å². The number of benzene rings is 1. The zero-order valence-corrected chi connectivity index (χ0v) is 11.4. The summed E-state index contributed by atoms with van der Waals surface area (Å²) in [6.07, 6.45) is -0.881. The molecule has 0 unspecified atom stereocenters. The molecule has 0 fully saturated rings. The molecule has 0 radical (unpaired) electrons. The molecule has 1 rings (SSSR count). The number of hydrogen-bond donors (Lipinski definition) is 3. The molecular formula is C12H15N3O4S. The lowest BCUT2D eigenvalue weighted by Crippen LogP contribution is -2.32. The fourth-order valence-corrected chi connectivity index (χ4v) is 1.39. The highest BCUT2D eigenvalue weighted by atomic mass is 32.1. The van der Waals surface area contributed by atoms with Gasteiger partial charge in [0.05, 0.1) is 6.54 Å². The van der Waals surface area contributed by atoms with Crippen LogP contribution in [0.3, 0.4) is 0 Å². The lowest BCUT2D eigenvalue weighted by atomic mass is 10.2. The average molecular weight is 297 g/mol. The molecule has 0 aliphatic heterocycles. The summed E-state index contributed by atoms with van der Waals surface area (Å²) >= 11 is 4.82. The van der Waals surface area contributed by atoms with E-state index in [1.165, 1.54) is 0 Å². The van der Waals surface area contributed by atoms with Crippen molar-refractivity contribution in [3.05, 3.63) is 29.8 Å². The number of hydrogen-bond acceptors (Lipinski definition) is 5. The minimum atomic E-state index is -0.881. The molecule has 7 nitrogen and oxygen atoms in total. The highest BCUT2D eigenvalue weighted by molar-refractivity contribution is 7.80. The van der Waals surface area contributed by atoms with Gasteiger partial charge in [-0.2, -0.15) is 0 Å². The summed E-state index contributed by atoms with van der Waals surface area (Å²) in [5.74, 6) is 0.185. The van der Waals surface area contributed by atoms with Crippen LogP contribution < -0.4 is 21.5 Å². The van der Waals surface area contributed by atoms with Gasteiger partial charge >= 0.3 is 6.09 Å². The molecule has 108 valence electrons.